The minimum absolute atomic E-state index is 0.285. The fourth-order valence-electron chi connectivity index (χ4n) is 1.52. The van der Waals surface area contributed by atoms with Crippen LogP contribution in [-0.4, -0.2) is 7.11 Å². The molecule has 0 aliphatic carbocycles. The summed E-state index contributed by atoms with van der Waals surface area (Å²) in [6, 6.07) is 7.19. The number of hydrogen-bond donors (Lipinski definition) is 0. The van der Waals surface area contributed by atoms with Gasteiger partial charge in [0.1, 0.15) is 11.5 Å². The van der Waals surface area contributed by atoms with Crippen LogP contribution in [0, 0.1) is 0 Å². The highest BCUT2D eigenvalue weighted by atomic mass is 16.5. The van der Waals surface area contributed by atoms with Crippen LogP contribution in [0.25, 0.3) is 10.8 Å². The van der Waals surface area contributed by atoms with Crippen molar-refractivity contribution in [1.82, 2.24) is 0 Å². The Bertz CT molecular complexity index is 535. The lowest BCUT2D eigenvalue weighted by Gasteiger charge is -2.02. The molecule has 3 heteroatoms. The van der Waals surface area contributed by atoms with Gasteiger partial charge in [-0.05, 0) is 29.7 Å². The molecule has 0 fully saturated rings. The molecule has 15 heavy (non-hydrogen) atoms. The van der Waals surface area contributed by atoms with E-state index in [9.17, 15) is 4.79 Å². The molecule has 0 N–H and O–H groups in total. The second-order valence-electron chi connectivity index (χ2n) is 3.31. The minimum atomic E-state index is -0.285. The van der Waals surface area contributed by atoms with E-state index in [2.05, 4.69) is 0 Å². The van der Waals surface area contributed by atoms with Gasteiger partial charge in [-0.25, -0.2) is 4.79 Å². The van der Waals surface area contributed by atoms with Crippen LogP contribution >= 0.6 is 0 Å². The lowest BCUT2D eigenvalue weighted by Crippen LogP contribution is -2.01. The third-order valence-corrected chi connectivity index (χ3v) is 2.37. The van der Waals surface area contributed by atoms with Crippen LogP contribution in [0.2, 0.25) is 0 Å². The van der Waals surface area contributed by atoms with Gasteiger partial charge in [-0.2, -0.15) is 0 Å². The second kappa shape index (κ2) is 3.77. The Morgan fingerprint density at radius 1 is 1.33 bits per heavy atom. The van der Waals surface area contributed by atoms with Gasteiger partial charge >= 0.3 is 5.63 Å². The van der Waals surface area contributed by atoms with Gasteiger partial charge in [0.05, 0.1) is 12.5 Å². The molecule has 0 saturated carbocycles. The van der Waals surface area contributed by atoms with Crippen molar-refractivity contribution >= 4 is 10.8 Å². The lowest BCUT2D eigenvalue weighted by molar-refractivity contribution is 0.415. The summed E-state index contributed by atoms with van der Waals surface area (Å²) in [6.07, 6.45) is 0.711. The van der Waals surface area contributed by atoms with E-state index in [1.165, 1.54) is 0 Å². The molecule has 0 bridgehead atoms. The average molecular weight is 204 g/mol. The first-order chi connectivity index (χ1) is 7.24. The Kier molecular flexibility index (Phi) is 2.46. The Morgan fingerprint density at radius 2 is 2.13 bits per heavy atom. The molecule has 1 heterocycles. The first kappa shape index (κ1) is 9.77. The van der Waals surface area contributed by atoms with Crippen molar-refractivity contribution < 1.29 is 9.15 Å². The van der Waals surface area contributed by atoms with Gasteiger partial charge in [0.15, 0.2) is 0 Å². The molecule has 0 atom stereocenters. The molecule has 2 aromatic rings. The monoisotopic (exact) mass is 204 g/mol. The standard InChI is InChI=1S/C12H12O3/c1-3-9-6-8-7-10(14-2)4-5-11(8)12(13)15-9/h4-7H,3H2,1-2H3. The fraction of sp³-hybridized carbons (Fsp3) is 0.250. The SMILES string of the molecule is CCc1cc2cc(OC)ccc2c(=O)o1. The summed E-state index contributed by atoms with van der Waals surface area (Å²) >= 11 is 0. The Hall–Kier alpha value is -1.77. The third kappa shape index (κ3) is 1.73. The van der Waals surface area contributed by atoms with Crippen molar-refractivity contribution in [2.75, 3.05) is 7.11 Å². The zero-order valence-electron chi connectivity index (χ0n) is 8.74. The Balaban J connectivity index is 2.75. The maximum atomic E-state index is 11.6. The molecule has 1 aromatic heterocycles. The molecular weight excluding hydrogens is 192 g/mol. The van der Waals surface area contributed by atoms with E-state index < -0.39 is 0 Å². The Labute approximate surface area is 87.3 Å². The highest BCUT2D eigenvalue weighted by Crippen LogP contribution is 2.19. The van der Waals surface area contributed by atoms with E-state index in [4.69, 9.17) is 9.15 Å². The smallest absolute Gasteiger partial charge is 0.343 e. The quantitative estimate of drug-likeness (QED) is 0.753. The van der Waals surface area contributed by atoms with Crippen molar-refractivity contribution in [2.24, 2.45) is 0 Å². The summed E-state index contributed by atoms with van der Waals surface area (Å²) in [6.45, 7) is 1.95. The molecule has 1 aromatic carbocycles. The van der Waals surface area contributed by atoms with E-state index in [1.54, 1.807) is 19.2 Å². The van der Waals surface area contributed by atoms with Gasteiger partial charge < -0.3 is 9.15 Å². The van der Waals surface area contributed by atoms with Crippen molar-refractivity contribution in [1.29, 1.82) is 0 Å². The van der Waals surface area contributed by atoms with Gasteiger partial charge in [-0.1, -0.05) is 6.92 Å². The predicted octanol–water partition coefficient (Wildman–Crippen LogP) is 2.36. The Morgan fingerprint density at radius 3 is 2.80 bits per heavy atom. The van der Waals surface area contributed by atoms with E-state index in [1.807, 2.05) is 19.1 Å². The lowest BCUT2D eigenvalue weighted by atomic mass is 10.1. The minimum Gasteiger partial charge on any atom is -0.497 e. The summed E-state index contributed by atoms with van der Waals surface area (Å²) < 4.78 is 10.2. The highest BCUT2D eigenvalue weighted by Gasteiger charge is 2.04. The van der Waals surface area contributed by atoms with Crippen molar-refractivity contribution in [3.05, 3.63) is 40.4 Å². The molecule has 78 valence electrons. The van der Waals surface area contributed by atoms with E-state index in [0.29, 0.717) is 17.6 Å². The average Bonchev–Trinajstić information content (AvgIpc) is 2.28. The van der Waals surface area contributed by atoms with Crippen molar-refractivity contribution in [3.63, 3.8) is 0 Å². The molecule has 3 nitrogen and oxygen atoms in total. The fourth-order valence-corrected chi connectivity index (χ4v) is 1.52. The zero-order chi connectivity index (χ0) is 10.8. The van der Waals surface area contributed by atoms with Crippen LogP contribution in [0.15, 0.2) is 33.5 Å². The zero-order valence-corrected chi connectivity index (χ0v) is 8.74. The summed E-state index contributed by atoms with van der Waals surface area (Å²) in [5.74, 6) is 1.44. The van der Waals surface area contributed by atoms with Crippen molar-refractivity contribution in [3.8, 4) is 5.75 Å². The number of methoxy groups -OCH3 is 1. The highest BCUT2D eigenvalue weighted by molar-refractivity contribution is 5.82. The normalized spacial score (nSPS) is 10.5. The number of benzene rings is 1. The van der Waals surface area contributed by atoms with Gasteiger partial charge in [0, 0.05) is 6.42 Å². The van der Waals surface area contributed by atoms with Gasteiger partial charge in [0.2, 0.25) is 0 Å². The second-order valence-corrected chi connectivity index (χ2v) is 3.31. The molecule has 0 aliphatic heterocycles. The molecule has 0 radical (unpaired) electrons. The predicted molar refractivity (Wildman–Crippen MR) is 58.4 cm³/mol. The van der Waals surface area contributed by atoms with Crippen LogP contribution < -0.4 is 10.4 Å². The maximum absolute atomic E-state index is 11.6. The topological polar surface area (TPSA) is 39.4 Å². The molecular formula is C12H12O3. The summed E-state index contributed by atoms with van der Waals surface area (Å²) in [7, 11) is 1.60. The summed E-state index contributed by atoms with van der Waals surface area (Å²) in [5, 5.41) is 1.45. The number of fused-ring (bicyclic) bond motifs is 1. The van der Waals surface area contributed by atoms with E-state index in [0.717, 1.165) is 11.1 Å². The van der Waals surface area contributed by atoms with Crippen LogP contribution in [0.3, 0.4) is 0 Å². The van der Waals surface area contributed by atoms with Crippen LogP contribution in [0.5, 0.6) is 5.75 Å². The van der Waals surface area contributed by atoms with Crippen molar-refractivity contribution in [2.45, 2.75) is 13.3 Å². The molecule has 0 amide bonds. The largest absolute Gasteiger partial charge is 0.497 e. The summed E-state index contributed by atoms with van der Waals surface area (Å²) in [4.78, 5) is 11.6. The number of rotatable bonds is 2. The molecule has 0 saturated heterocycles. The van der Waals surface area contributed by atoms with Gasteiger partial charge in [0.25, 0.3) is 0 Å². The first-order valence-corrected chi connectivity index (χ1v) is 4.85. The maximum Gasteiger partial charge on any atom is 0.343 e. The third-order valence-electron chi connectivity index (χ3n) is 2.37. The number of ether oxygens (including phenoxy) is 1. The van der Waals surface area contributed by atoms with Crippen LogP contribution in [0.4, 0.5) is 0 Å². The van der Waals surface area contributed by atoms with Crippen LogP contribution in [-0.2, 0) is 6.42 Å². The summed E-state index contributed by atoms with van der Waals surface area (Å²) in [5.41, 5.74) is -0.285. The molecule has 0 unspecified atom stereocenters. The van der Waals surface area contributed by atoms with E-state index in [-0.39, 0.29) is 5.63 Å². The molecule has 2 rings (SSSR count). The van der Waals surface area contributed by atoms with E-state index >= 15 is 0 Å². The van der Waals surface area contributed by atoms with Gasteiger partial charge in [-0.3, -0.25) is 0 Å². The first-order valence-electron chi connectivity index (χ1n) is 4.85. The number of aryl methyl sites for hydroxylation is 1. The molecule has 0 aliphatic rings. The number of hydrogen-bond acceptors (Lipinski definition) is 3. The van der Waals surface area contributed by atoms with Gasteiger partial charge in [-0.15, -0.1) is 0 Å². The molecule has 0 spiro atoms. The van der Waals surface area contributed by atoms with Crippen LogP contribution in [0.1, 0.15) is 12.7 Å².